The highest BCUT2D eigenvalue weighted by molar-refractivity contribution is 5.93. The van der Waals surface area contributed by atoms with Gasteiger partial charge in [0.25, 0.3) is 5.56 Å². The fourth-order valence-electron chi connectivity index (χ4n) is 3.05. The minimum Gasteiger partial charge on any atom is -0.492 e. The van der Waals surface area contributed by atoms with Gasteiger partial charge in [-0.05, 0) is 57.2 Å². The summed E-state index contributed by atoms with van der Waals surface area (Å²) in [5.74, 6) is 0.562. The van der Waals surface area contributed by atoms with Crippen LogP contribution in [0.15, 0.2) is 47.3 Å². The molecule has 10 nitrogen and oxygen atoms in total. The summed E-state index contributed by atoms with van der Waals surface area (Å²) in [5, 5.41) is 14.1. The second-order valence-electron chi connectivity index (χ2n) is 7.33. The highest BCUT2D eigenvalue weighted by Gasteiger charge is 2.19. The lowest BCUT2D eigenvalue weighted by Gasteiger charge is -2.15. The number of amides is 2. The lowest BCUT2D eigenvalue weighted by molar-refractivity contribution is -0.119. The van der Waals surface area contributed by atoms with Gasteiger partial charge < -0.3 is 15.4 Å². The first kappa shape index (κ1) is 22.7. The summed E-state index contributed by atoms with van der Waals surface area (Å²) in [6.45, 7) is 7.55. The molecule has 2 N–H and O–H groups in total. The van der Waals surface area contributed by atoms with Gasteiger partial charge in [-0.2, -0.15) is 5.10 Å². The molecule has 0 aliphatic heterocycles. The Morgan fingerprint density at radius 1 is 1.09 bits per heavy atom. The van der Waals surface area contributed by atoms with Crippen LogP contribution in [-0.4, -0.2) is 44.5 Å². The molecule has 1 atom stereocenters. The molecule has 3 rings (SSSR count). The van der Waals surface area contributed by atoms with Crippen LogP contribution in [0, 0.1) is 13.8 Å². The zero-order valence-corrected chi connectivity index (χ0v) is 18.5. The number of rotatable bonds is 8. The molecule has 0 fully saturated rings. The molecule has 1 unspecified atom stereocenters. The van der Waals surface area contributed by atoms with E-state index in [9.17, 15) is 14.4 Å². The second-order valence-corrected chi connectivity index (χ2v) is 7.33. The van der Waals surface area contributed by atoms with E-state index in [2.05, 4.69) is 20.8 Å². The number of nitrogens with one attached hydrogen (secondary N) is 2. The number of aromatic nitrogens is 4. The van der Waals surface area contributed by atoms with Crippen LogP contribution in [0.4, 0.5) is 5.69 Å². The lowest BCUT2D eigenvalue weighted by atomic mass is 10.2. The minimum atomic E-state index is -0.840. The predicted octanol–water partition coefficient (Wildman–Crippen LogP) is 1.76. The SMILES string of the molecule is CC(=O)NCCOc1ccc(NC(=O)C(C)n2nc(-n3nc(C)cc3C)ccc2=O)cc1. The van der Waals surface area contributed by atoms with Crippen molar-refractivity contribution in [2.24, 2.45) is 0 Å². The van der Waals surface area contributed by atoms with Crippen LogP contribution in [0.3, 0.4) is 0 Å². The fraction of sp³-hybridized carbons (Fsp3) is 0.318. The van der Waals surface area contributed by atoms with Crippen LogP contribution >= 0.6 is 0 Å². The third kappa shape index (κ3) is 5.60. The number of nitrogens with zero attached hydrogens (tertiary/aromatic N) is 4. The van der Waals surface area contributed by atoms with Gasteiger partial charge in [0.2, 0.25) is 11.8 Å². The van der Waals surface area contributed by atoms with Crippen molar-refractivity contribution in [1.82, 2.24) is 24.9 Å². The van der Waals surface area contributed by atoms with Gasteiger partial charge >= 0.3 is 0 Å². The average molecular weight is 438 g/mol. The number of hydrogen-bond donors (Lipinski definition) is 2. The number of hydrogen-bond acceptors (Lipinski definition) is 6. The number of benzene rings is 1. The normalized spacial score (nSPS) is 11.6. The number of anilines is 1. The summed E-state index contributed by atoms with van der Waals surface area (Å²) < 4.78 is 8.29. The number of ether oxygens (including phenoxy) is 1. The van der Waals surface area contributed by atoms with Gasteiger partial charge in [-0.3, -0.25) is 14.4 Å². The third-order valence-corrected chi connectivity index (χ3v) is 4.65. The average Bonchev–Trinajstić information content (AvgIpc) is 3.10. The molecule has 2 amide bonds. The molecular formula is C22H26N6O4. The van der Waals surface area contributed by atoms with Crippen LogP contribution in [-0.2, 0) is 9.59 Å². The molecule has 168 valence electrons. The van der Waals surface area contributed by atoms with Crippen LogP contribution in [0.1, 0.15) is 31.3 Å². The highest BCUT2D eigenvalue weighted by atomic mass is 16.5. The zero-order valence-electron chi connectivity index (χ0n) is 18.5. The van der Waals surface area contributed by atoms with Gasteiger partial charge in [0, 0.05) is 24.4 Å². The van der Waals surface area contributed by atoms with Crippen molar-refractivity contribution in [3.05, 3.63) is 64.2 Å². The van der Waals surface area contributed by atoms with Gasteiger partial charge in [-0.15, -0.1) is 5.10 Å². The monoisotopic (exact) mass is 438 g/mol. The van der Waals surface area contributed by atoms with E-state index in [1.165, 1.54) is 13.0 Å². The molecule has 2 aromatic heterocycles. The molecule has 10 heteroatoms. The Morgan fingerprint density at radius 2 is 1.81 bits per heavy atom. The maximum Gasteiger partial charge on any atom is 0.267 e. The Morgan fingerprint density at radius 3 is 2.44 bits per heavy atom. The van der Waals surface area contributed by atoms with Crippen LogP contribution < -0.4 is 20.9 Å². The molecule has 3 aromatic rings. The third-order valence-electron chi connectivity index (χ3n) is 4.65. The van der Waals surface area contributed by atoms with E-state index in [1.807, 2.05) is 19.9 Å². The number of aryl methyl sites for hydroxylation is 2. The Bertz CT molecular complexity index is 1170. The van der Waals surface area contributed by atoms with Gasteiger partial charge in [0.1, 0.15) is 18.4 Å². The van der Waals surface area contributed by atoms with Gasteiger partial charge in [0.05, 0.1) is 12.2 Å². The Kier molecular flexibility index (Phi) is 7.04. The second kappa shape index (κ2) is 9.90. The Labute approximate surface area is 185 Å². The molecule has 0 bridgehead atoms. The molecule has 32 heavy (non-hydrogen) atoms. The van der Waals surface area contributed by atoms with Crippen molar-refractivity contribution < 1.29 is 14.3 Å². The molecule has 0 spiro atoms. The molecule has 0 saturated heterocycles. The maximum atomic E-state index is 12.7. The van der Waals surface area contributed by atoms with E-state index >= 15 is 0 Å². The van der Waals surface area contributed by atoms with Crippen molar-refractivity contribution in [2.75, 3.05) is 18.5 Å². The van der Waals surface area contributed by atoms with Gasteiger partial charge in [0.15, 0.2) is 5.82 Å². The number of carbonyl (C=O) groups is 2. The molecule has 2 heterocycles. The predicted molar refractivity (Wildman–Crippen MR) is 119 cm³/mol. The summed E-state index contributed by atoms with van der Waals surface area (Å²) in [4.78, 5) is 35.9. The van der Waals surface area contributed by atoms with E-state index in [1.54, 1.807) is 41.9 Å². The van der Waals surface area contributed by atoms with Crippen LogP contribution in [0.25, 0.3) is 5.82 Å². The molecule has 0 radical (unpaired) electrons. The molecule has 1 aromatic carbocycles. The summed E-state index contributed by atoms with van der Waals surface area (Å²) in [6, 6.07) is 10.8. The molecular weight excluding hydrogens is 412 g/mol. The standard InChI is InChI=1S/C22H26N6O4/c1-14-13-15(2)27(25-14)20-9-10-21(30)28(26-20)16(3)22(31)24-18-5-7-19(8-6-18)32-12-11-23-17(4)29/h5-10,13,16H,11-12H2,1-4H3,(H,23,29)(H,24,31). The Hall–Kier alpha value is -3.95. The maximum absolute atomic E-state index is 12.7. The Balaban J connectivity index is 1.67. The summed E-state index contributed by atoms with van der Waals surface area (Å²) >= 11 is 0. The van der Waals surface area contributed by atoms with E-state index in [0.29, 0.717) is 30.4 Å². The quantitative estimate of drug-likeness (QED) is 0.517. The van der Waals surface area contributed by atoms with Crippen LogP contribution in [0.5, 0.6) is 5.75 Å². The topological polar surface area (TPSA) is 120 Å². The van der Waals surface area contributed by atoms with Crippen molar-refractivity contribution in [3.63, 3.8) is 0 Å². The van der Waals surface area contributed by atoms with Gasteiger partial charge in [-0.1, -0.05) is 0 Å². The van der Waals surface area contributed by atoms with Crippen molar-refractivity contribution in [2.45, 2.75) is 33.7 Å². The molecule has 0 aliphatic rings. The molecule has 0 saturated carbocycles. The first-order chi connectivity index (χ1) is 15.2. The summed E-state index contributed by atoms with van der Waals surface area (Å²) in [5.41, 5.74) is 1.87. The highest BCUT2D eigenvalue weighted by Crippen LogP contribution is 2.17. The number of carbonyl (C=O) groups excluding carboxylic acids is 2. The fourth-order valence-corrected chi connectivity index (χ4v) is 3.05. The smallest absolute Gasteiger partial charge is 0.267 e. The van der Waals surface area contributed by atoms with Gasteiger partial charge in [-0.25, -0.2) is 9.36 Å². The van der Waals surface area contributed by atoms with Crippen molar-refractivity contribution in [3.8, 4) is 11.6 Å². The van der Waals surface area contributed by atoms with Crippen molar-refractivity contribution >= 4 is 17.5 Å². The first-order valence-electron chi connectivity index (χ1n) is 10.2. The summed E-state index contributed by atoms with van der Waals surface area (Å²) in [6.07, 6.45) is 0. The summed E-state index contributed by atoms with van der Waals surface area (Å²) in [7, 11) is 0. The minimum absolute atomic E-state index is 0.116. The van der Waals surface area contributed by atoms with Crippen molar-refractivity contribution in [1.29, 1.82) is 0 Å². The van der Waals surface area contributed by atoms with E-state index < -0.39 is 6.04 Å². The zero-order chi connectivity index (χ0) is 23.3. The largest absolute Gasteiger partial charge is 0.492 e. The van der Waals surface area contributed by atoms with E-state index in [0.717, 1.165) is 16.1 Å². The van der Waals surface area contributed by atoms with E-state index in [4.69, 9.17) is 4.74 Å². The van der Waals surface area contributed by atoms with E-state index in [-0.39, 0.29) is 17.4 Å². The first-order valence-corrected chi connectivity index (χ1v) is 10.2. The van der Waals surface area contributed by atoms with Crippen LogP contribution in [0.2, 0.25) is 0 Å². The lowest BCUT2D eigenvalue weighted by Crippen LogP contribution is -2.33. The molecule has 0 aliphatic carbocycles.